The van der Waals surface area contributed by atoms with E-state index in [4.69, 9.17) is 4.98 Å². The Morgan fingerprint density at radius 3 is 2.60 bits per heavy atom. The number of nitrogens with zero attached hydrogens (tertiary/aromatic N) is 2. The predicted molar refractivity (Wildman–Crippen MR) is 80.2 cm³/mol. The van der Waals surface area contributed by atoms with Crippen molar-refractivity contribution >= 4 is 11.9 Å². The van der Waals surface area contributed by atoms with Crippen LogP contribution in [0.2, 0.25) is 0 Å². The molecule has 1 aromatic carbocycles. The molecule has 0 N–H and O–H groups in total. The first-order valence-corrected chi connectivity index (χ1v) is 6.60. The third kappa shape index (κ3) is 2.01. The highest BCUT2D eigenvalue weighted by Gasteiger charge is 2.09. The molecule has 0 amide bonds. The summed E-state index contributed by atoms with van der Waals surface area (Å²) in [4.78, 5) is 15.7. The number of rotatable bonds is 2. The number of benzene rings is 1. The van der Waals surface area contributed by atoms with Crippen molar-refractivity contribution in [3.63, 3.8) is 0 Å². The minimum atomic E-state index is 0.667. The second kappa shape index (κ2) is 4.60. The molecule has 100 valence electrons. The first-order chi connectivity index (χ1) is 9.58. The Bertz CT molecular complexity index is 815. The number of hydrogen-bond donors (Lipinski definition) is 0. The molecule has 0 aliphatic rings. The predicted octanol–water partition coefficient (Wildman–Crippen LogP) is 3.74. The average Bonchev–Trinajstić information content (AvgIpc) is 2.85. The van der Waals surface area contributed by atoms with Crippen LogP contribution in [0.25, 0.3) is 16.9 Å². The Balaban J connectivity index is 2.25. The van der Waals surface area contributed by atoms with Crippen LogP contribution in [-0.4, -0.2) is 15.7 Å². The Morgan fingerprint density at radius 2 is 1.85 bits per heavy atom. The van der Waals surface area contributed by atoms with Gasteiger partial charge in [0.25, 0.3) is 0 Å². The number of carbonyl (C=O) groups is 1. The fraction of sp³-hybridized carbons (Fsp3) is 0.176. The second-order valence-corrected chi connectivity index (χ2v) is 5.25. The van der Waals surface area contributed by atoms with Gasteiger partial charge >= 0.3 is 0 Å². The topological polar surface area (TPSA) is 34.4 Å². The van der Waals surface area contributed by atoms with E-state index in [1.165, 1.54) is 11.1 Å². The Hall–Kier alpha value is -2.42. The van der Waals surface area contributed by atoms with Crippen molar-refractivity contribution in [1.29, 1.82) is 0 Å². The van der Waals surface area contributed by atoms with Crippen LogP contribution < -0.4 is 0 Å². The monoisotopic (exact) mass is 264 g/mol. The maximum Gasteiger partial charge on any atom is 0.151 e. The van der Waals surface area contributed by atoms with Gasteiger partial charge in [-0.05, 0) is 44.0 Å². The Morgan fingerprint density at radius 1 is 1.05 bits per heavy atom. The van der Waals surface area contributed by atoms with E-state index in [-0.39, 0.29) is 0 Å². The fourth-order valence-electron chi connectivity index (χ4n) is 2.50. The first-order valence-electron chi connectivity index (χ1n) is 6.60. The molecule has 3 aromatic rings. The van der Waals surface area contributed by atoms with Crippen molar-refractivity contribution in [3.05, 3.63) is 58.9 Å². The SMILES string of the molecule is Cc1ccc(C)c(-c2cn3cc(C=O)cc(C)c3n2)c1. The largest absolute Gasteiger partial charge is 0.306 e. The van der Waals surface area contributed by atoms with Crippen LogP contribution in [0.4, 0.5) is 0 Å². The van der Waals surface area contributed by atoms with E-state index in [0.717, 1.165) is 28.8 Å². The van der Waals surface area contributed by atoms with E-state index >= 15 is 0 Å². The molecular weight excluding hydrogens is 248 g/mol. The molecule has 0 fully saturated rings. The average molecular weight is 264 g/mol. The van der Waals surface area contributed by atoms with Crippen LogP contribution >= 0.6 is 0 Å². The minimum Gasteiger partial charge on any atom is -0.306 e. The molecule has 0 aliphatic carbocycles. The number of aromatic nitrogens is 2. The van der Waals surface area contributed by atoms with E-state index in [0.29, 0.717) is 5.56 Å². The number of aldehydes is 1. The van der Waals surface area contributed by atoms with Crippen LogP contribution in [0, 0.1) is 20.8 Å². The number of hydrogen-bond acceptors (Lipinski definition) is 2. The number of fused-ring (bicyclic) bond motifs is 1. The molecule has 2 aromatic heterocycles. The van der Waals surface area contributed by atoms with Crippen LogP contribution in [0.15, 0.2) is 36.7 Å². The van der Waals surface area contributed by atoms with Gasteiger partial charge in [0.05, 0.1) is 5.69 Å². The minimum absolute atomic E-state index is 0.667. The maximum atomic E-state index is 10.9. The molecule has 3 heteroatoms. The quantitative estimate of drug-likeness (QED) is 0.661. The summed E-state index contributed by atoms with van der Waals surface area (Å²) >= 11 is 0. The summed E-state index contributed by atoms with van der Waals surface area (Å²) in [5.41, 5.74) is 7.07. The summed E-state index contributed by atoms with van der Waals surface area (Å²) in [6.45, 7) is 6.14. The van der Waals surface area contributed by atoms with Crippen molar-refractivity contribution < 1.29 is 4.79 Å². The Kier molecular flexibility index (Phi) is 2.90. The third-order valence-electron chi connectivity index (χ3n) is 3.56. The molecule has 0 radical (unpaired) electrons. The zero-order valence-electron chi connectivity index (χ0n) is 11.8. The standard InChI is InChI=1S/C17H16N2O/c1-11-4-5-12(2)15(6-11)16-9-19-8-14(10-20)7-13(3)17(19)18-16/h4-10H,1-3H3. The number of aryl methyl sites for hydroxylation is 3. The summed E-state index contributed by atoms with van der Waals surface area (Å²) in [6, 6.07) is 8.22. The molecule has 0 saturated heterocycles. The molecule has 3 rings (SSSR count). The van der Waals surface area contributed by atoms with Crippen molar-refractivity contribution in [2.45, 2.75) is 20.8 Å². The number of carbonyl (C=O) groups excluding carboxylic acids is 1. The molecule has 0 aliphatic heterocycles. The first kappa shape index (κ1) is 12.6. The van der Waals surface area contributed by atoms with E-state index in [1.807, 2.05) is 29.8 Å². The lowest BCUT2D eigenvalue weighted by Crippen LogP contribution is -1.91. The van der Waals surface area contributed by atoms with Crippen LogP contribution in [0.5, 0.6) is 0 Å². The van der Waals surface area contributed by atoms with Crippen molar-refractivity contribution in [2.75, 3.05) is 0 Å². The van der Waals surface area contributed by atoms with E-state index in [2.05, 4.69) is 32.0 Å². The van der Waals surface area contributed by atoms with Gasteiger partial charge in [0.1, 0.15) is 5.65 Å². The van der Waals surface area contributed by atoms with Crippen molar-refractivity contribution in [2.24, 2.45) is 0 Å². The van der Waals surface area contributed by atoms with Crippen molar-refractivity contribution in [3.8, 4) is 11.3 Å². The highest BCUT2D eigenvalue weighted by Crippen LogP contribution is 2.25. The van der Waals surface area contributed by atoms with Gasteiger partial charge in [-0.15, -0.1) is 0 Å². The molecule has 3 nitrogen and oxygen atoms in total. The molecule has 0 unspecified atom stereocenters. The second-order valence-electron chi connectivity index (χ2n) is 5.25. The molecule has 20 heavy (non-hydrogen) atoms. The third-order valence-corrected chi connectivity index (χ3v) is 3.56. The van der Waals surface area contributed by atoms with E-state index < -0.39 is 0 Å². The summed E-state index contributed by atoms with van der Waals surface area (Å²) in [6.07, 6.45) is 4.66. The summed E-state index contributed by atoms with van der Waals surface area (Å²) in [5, 5.41) is 0. The molecule has 0 spiro atoms. The smallest absolute Gasteiger partial charge is 0.151 e. The van der Waals surface area contributed by atoms with E-state index in [1.54, 1.807) is 0 Å². The summed E-state index contributed by atoms with van der Waals surface area (Å²) in [5.74, 6) is 0. The van der Waals surface area contributed by atoms with Gasteiger partial charge in [0.2, 0.25) is 0 Å². The van der Waals surface area contributed by atoms with Crippen LogP contribution in [0.3, 0.4) is 0 Å². The lowest BCUT2D eigenvalue weighted by molar-refractivity contribution is 0.112. The lowest BCUT2D eigenvalue weighted by Gasteiger charge is -2.03. The fourth-order valence-corrected chi connectivity index (χ4v) is 2.50. The highest BCUT2D eigenvalue weighted by atomic mass is 16.1. The highest BCUT2D eigenvalue weighted by molar-refractivity contribution is 5.77. The van der Waals surface area contributed by atoms with Gasteiger partial charge in [-0.1, -0.05) is 17.7 Å². The molecular formula is C17H16N2O. The number of pyridine rings is 1. The summed E-state index contributed by atoms with van der Waals surface area (Å²) < 4.78 is 1.93. The maximum absolute atomic E-state index is 10.9. The van der Waals surface area contributed by atoms with Gasteiger partial charge in [-0.3, -0.25) is 4.79 Å². The van der Waals surface area contributed by atoms with Gasteiger partial charge in [-0.25, -0.2) is 4.98 Å². The zero-order valence-corrected chi connectivity index (χ0v) is 11.8. The summed E-state index contributed by atoms with van der Waals surface area (Å²) in [7, 11) is 0. The molecule has 0 bridgehead atoms. The van der Waals surface area contributed by atoms with Crippen LogP contribution in [0.1, 0.15) is 27.0 Å². The zero-order chi connectivity index (χ0) is 14.3. The van der Waals surface area contributed by atoms with Gasteiger partial charge in [0.15, 0.2) is 6.29 Å². The number of imidazole rings is 1. The Labute approximate surface area is 117 Å². The van der Waals surface area contributed by atoms with Gasteiger partial charge in [-0.2, -0.15) is 0 Å². The molecule has 0 saturated carbocycles. The molecule has 0 atom stereocenters. The molecule has 2 heterocycles. The normalized spacial score (nSPS) is 10.9. The van der Waals surface area contributed by atoms with E-state index in [9.17, 15) is 4.79 Å². The van der Waals surface area contributed by atoms with Gasteiger partial charge < -0.3 is 4.40 Å². The van der Waals surface area contributed by atoms with Crippen molar-refractivity contribution in [1.82, 2.24) is 9.38 Å². The van der Waals surface area contributed by atoms with Gasteiger partial charge in [0, 0.05) is 23.5 Å². The van der Waals surface area contributed by atoms with Crippen LogP contribution in [-0.2, 0) is 0 Å². The lowest BCUT2D eigenvalue weighted by atomic mass is 10.0.